The van der Waals surface area contributed by atoms with Crippen LogP contribution in [0.25, 0.3) is 0 Å². The molecule has 0 saturated carbocycles. The summed E-state index contributed by atoms with van der Waals surface area (Å²) in [6, 6.07) is 7.19. The normalized spacial score (nSPS) is 18.2. The van der Waals surface area contributed by atoms with Crippen LogP contribution in [0, 0.1) is 0 Å². The Labute approximate surface area is 131 Å². The number of imide groups is 1. The van der Waals surface area contributed by atoms with E-state index in [1.807, 2.05) is 0 Å². The molecule has 1 N–H and O–H groups in total. The highest BCUT2D eigenvalue weighted by Crippen LogP contribution is 2.20. The van der Waals surface area contributed by atoms with Crippen LogP contribution in [-0.4, -0.2) is 43.0 Å². The van der Waals surface area contributed by atoms with Crippen molar-refractivity contribution in [3.8, 4) is 5.75 Å². The molecule has 0 bridgehead atoms. The fraction of sp³-hybridized carbons (Fsp3) is 0.529. The third-order valence-electron chi connectivity index (χ3n) is 4.22. The fourth-order valence-electron chi connectivity index (χ4n) is 2.94. The summed E-state index contributed by atoms with van der Waals surface area (Å²) in [5, 5.41) is 2.45. The van der Waals surface area contributed by atoms with Crippen molar-refractivity contribution in [2.45, 2.75) is 38.6 Å². The predicted molar refractivity (Wildman–Crippen MR) is 85.0 cm³/mol. The van der Waals surface area contributed by atoms with Gasteiger partial charge < -0.3 is 9.64 Å². The largest absolute Gasteiger partial charge is 0.497 e. The first-order chi connectivity index (χ1) is 10.6. The maximum Gasteiger partial charge on any atom is 0.257 e. The van der Waals surface area contributed by atoms with Crippen molar-refractivity contribution in [2.75, 3.05) is 20.2 Å². The van der Waals surface area contributed by atoms with Gasteiger partial charge in [0.15, 0.2) is 0 Å². The molecule has 1 aromatic rings. The zero-order valence-corrected chi connectivity index (χ0v) is 13.3. The van der Waals surface area contributed by atoms with Crippen LogP contribution in [0.3, 0.4) is 0 Å². The Hall–Kier alpha value is -1.88. The molecule has 1 aliphatic heterocycles. The molecule has 120 valence electrons. The van der Waals surface area contributed by atoms with E-state index < -0.39 is 0 Å². The van der Waals surface area contributed by atoms with Crippen LogP contribution >= 0.6 is 0 Å². The van der Waals surface area contributed by atoms with Crippen molar-refractivity contribution >= 4 is 11.8 Å². The summed E-state index contributed by atoms with van der Waals surface area (Å²) >= 11 is 0. The number of nitrogens with zero attached hydrogens (tertiary/aromatic N) is 1. The number of ether oxygens (including phenoxy) is 1. The molecule has 22 heavy (non-hydrogen) atoms. The molecular weight excluding hydrogens is 280 g/mol. The Balaban J connectivity index is 1.79. The molecule has 0 spiro atoms. The molecule has 2 amide bonds. The first-order valence-corrected chi connectivity index (χ1v) is 7.86. The lowest BCUT2D eigenvalue weighted by molar-refractivity contribution is -0.120. The molecule has 1 aliphatic rings. The van der Waals surface area contributed by atoms with E-state index in [0.717, 1.165) is 25.9 Å². The molecule has 5 nitrogen and oxygen atoms in total. The molecule has 0 radical (unpaired) electrons. The zero-order valence-electron chi connectivity index (χ0n) is 13.3. The van der Waals surface area contributed by atoms with Crippen molar-refractivity contribution in [3.63, 3.8) is 0 Å². The first kappa shape index (κ1) is 16.5. The van der Waals surface area contributed by atoms with Crippen LogP contribution in [0.1, 0.15) is 43.0 Å². The second kappa shape index (κ2) is 7.94. The standard InChI is InChI=1S/C17H24N2O3/c1-3-19-12-4-5-14(19)8-11-16(20)18-17(21)13-6-9-15(22-2)10-7-13/h6-7,9-10,14H,3-5,8,11-12H2,1-2H3,(H,18,20,21). The van der Waals surface area contributed by atoms with Gasteiger partial charge in [0.2, 0.25) is 5.91 Å². The van der Waals surface area contributed by atoms with Gasteiger partial charge in [-0.3, -0.25) is 14.9 Å². The Morgan fingerprint density at radius 1 is 1.32 bits per heavy atom. The van der Waals surface area contributed by atoms with E-state index in [0.29, 0.717) is 23.8 Å². The second-order valence-corrected chi connectivity index (χ2v) is 5.57. The quantitative estimate of drug-likeness (QED) is 0.875. The average Bonchev–Trinajstić information content (AvgIpc) is 3.00. The summed E-state index contributed by atoms with van der Waals surface area (Å²) in [4.78, 5) is 26.3. The highest BCUT2D eigenvalue weighted by molar-refractivity contribution is 6.04. The number of methoxy groups -OCH3 is 1. The van der Waals surface area contributed by atoms with Gasteiger partial charge in [-0.2, -0.15) is 0 Å². The number of rotatable bonds is 6. The van der Waals surface area contributed by atoms with E-state index in [1.54, 1.807) is 31.4 Å². The maximum absolute atomic E-state index is 12.0. The van der Waals surface area contributed by atoms with E-state index in [-0.39, 0.29) is 11.8 Å². The van der Waals surface area contributed by atoms with Gasteiger partial charge in [-0.25, -0.2) is 0 Å². The molecule has 1 unspecified atom stereocenters. The van der Waals surface area contributed by atoms with Gasteiger partial charge in [0.1, 0.15) is 5.75 Å². The highest BCUT2D eigenvalue weighted by Gasteiger charge is 2.23. The predicted octanol–water partition coefficient (Wildman–Crippen LogP) is 2.22. The lowest BCUT2D eigenvalue weighted by Gasteiger charge is -2.22. The monoisotopic (exact) mass is 304 g/mol. The van der Waals surface area contributed by atoms with Crippen molar-refractivity contribution < 1.29 is 14.3 Å². The van der Waals surface area contributed by atoms with Crippen LogP contribution < -0.4 is 10.1 Å². The summed E-state index contributed by atoms with van der Waals surface area (Å²) in [7, 11) is 1.57. The van der Waals surface area contributed by atoms with Crippen LogP contribution in [0.2, 0.25) is 0 Å². The molecule has 1 heterocycles. The van der Waals surface area contributed by atoms with E-state index >= 15 is 0 Å². The molecule has 0 aliphatic carbocycles. The summed E-state index contributed by atoms with van der Waals surface area (Å²) in [6.45, 7) is 4.29. The molecule has 5 heteroatoms. The van der Waals surface area contributed by atoms with Crippen molar-refractivity contribution in [3.05, 3.63) is 29.8 Å². The zero-order chi connectivity index (χ0) is 15.9. The van der Waals surface area contributed by atoms with E-state index in [1.165, 1.54) is 6.42 Å². The number of likely N-dealkylation sites (tertiary alicyclic amines) is 1. The molecular formula is C17H24N2O3. The van der Waals surface area contributed by atoms with Gasteiger partial charge in [0.25, 0.3) is 5.91 Å². The molecule has 2 rings (SSSR count). The summed E-state index contributed by atoms with van der Waals surface area (Å²) in [5.41, 5.74) is 0.463. The van der Waals surface area contributed by atoms with Crippen LogP contribution in [0.5, 0.6) is 5.75 Å². The van der Waals surface area contributed by atoms with Gasteiger partial charge in [0, 0.05) is 18.0 Å². The van der Waals surface area contributed by atoms with Crippen LogP contribution in [0.15, 0.2) is 24.3 Å². The van der Waals surface area contributed by atoms with Crippen molar-refractivity contribution in [2.24, 2.45) is 0 Å². The number of hydrogen-bond donors (Lipinski definition) is 1. The second-order valence-electron chi connectivity index (χ2n) is 5.57. The minimum absolute atomic E-state index is 0.205. The van der Waals surface area contributed by atoms with Crippen molar-refractivity contribution in [1.29, 1.82) is 0 Å². The topological polar surface area (TPSA) is 58.6 Å². The molecule has 1 atom stereocenters. The SMILES string of the molecule is CCN1CCCC1CCC(=O)NC(=O)c1ccc(OC)cc1. The minimum atomic E-state index is -0.355. The number of hydrogen-bond acceptors (Lipinski definition) is 4. The third kappa shape index (κ3) is 4.31. The van der Waals surface area contributed by atoms with Gasteiger partial charge >= 0.3 is 0 Å². The maximum atomic E-state index is 12.0. The lowest BCUT2D eigenvalue weighted by Crippen LogP contribution is -2.33. The number of nitrogens with one attached hydrogen (secondary N) is 1. The Bertz CT molecular complexity index is 513. The Morgan fingerprint density at radius 2 is 2.05 bits per heavy atom. The molecule has 0 aromatic heterocycles. The molecule has 1 aromatic carbocycles. The molecule has 1 fully saturated rings. The number of carbonyl (C=O) groups is 2. The van der Waals surface area contributed by atoms with Crippen LogP contribution in [-0.2, 0) is 4.79 Å². The minimum Gasteiger partial charge on any atom is -0.497 e. The van der Waals surface area contributed by atoms with Crippen LogP contribution in [0.4, 0.5) is 0 Å². The summed E-state index contributed by atoms with van der Waals surface area (Å²) in [6.07, 6.45) is 3.55. The van der Waals surface area contributed by atoms with Gasteiger partial charge in [0.05, 0.1) is 7.11 Å². The first-order valence-electron chi connectivity index (χ1n) is 7.86. The van der Waals surface area contributed by atoms with Crippen molar-refractivity contribution in [1.82, 2.24) is 10.2 Å². The van der Waals surface area contributed by atoms with E-state index in [9.17, 15) is 9.59 Å². The number of carbonyl (C=O) groups excluding carboxylic acids is 2. The van der Waals surface area contributed by atoms with Gasteiger partial charge in [-0.1, -0.05) is 6.92 Å². The smallest absolute Gasteiger partial charge is 0.257 e. The fourth-order valence-corrected chi connectivity index (χ4v) is 2.94. The highest BCUT2D eigenvalue weighted by atomic mass is 16.5. The summed E-state index contributed by atoms with van der Waals surface area (Å²) in [5.74, 6) is 0.124. The number of amides is 2. The van der Waals surface area contributed by atoms with Gasteiger partial charge in [-0.15, -0.1) is 0 Å². The lowest BCUT2D eigenvalue weighted by atomic mass is 10.1. The molecule has 1 saturated heterocycles. The van der Waals surface area contributed by atoms with Gasteiger partial charge in [-0.05, 0) is 56.6 Å². The summed E-state index contributed by atoms with van der Waals surface area (Å²) < 4.78 is 5.04. The number of benzene rings is 1. The third-order valence-corrected chi connectivity index (χ3v) is 4.22. The van der Waals surface area contributed by atoms with E-state index in [4.69, 9.17) is 4.74 Å². The average molecular weight is 304 g/mol. The Kier molecular flexibility index (Phi) is 5.95. The Morgan fingerprint density at radius 3 is 2.68 bits per heavy atom. The van der Waals surface area contributed by atoms with E-state index in [2.05, 4.69) is 17.1 Å².